The molecule has 0 spiro atoms. The Morgan fingerprint density at radius 3 is 2.69 bits per heavy atom. The predicted octanol–water partition coefficient (Wildman–Crippen LogP) is 3.71. The fourth-order valence-corrected chi connectivity index (χ4v) is 2.46. The number of aryl methyl sites for hydroxylation is 2. The van der Waals surface area contributed by atoms with Crippen LogP contribution in [0.3, 0.4) is 0 Å². The third kappa shape index (κ3) is 1.90. The molecule has 0 unspecified atom stereocenters. The van der Waals surface area contributed by atoms with E-state index in [2.05, 4.69) is 44.0 Å². The Morgan fingerprint density at radius 2 is 2.00 bits per heavy atom. The van der Waals surface area contributed by atoms with Crippen molar-refractivity contribution in [2.24, 2.45) is 0 Å². The first-order valence-corrected chi connectivity index (χ1v) is 6.11. The molecule has 0 aliphatic carbocycles. The molecule has 0 aliphatic rings. The fraction of sp³-hybridized carbons (Fsp3) is 0.357. The molecule has 1 aromatic heterocycles. The van der Waals surface area contributed by atoms with Crippen LogP contribution in [0.2, 0.25) is 0 Å². The Morgan fingerprint density at radius 1 is 1.25 bits per heavy atom. The van der Waals surface area contributed by atoms with Crippen molar-refractivity contribution < 1.29 is 0 Å². The summed E-state index contributed by atoms with van der Waals surface area (Å²) < 4.78 is 0. The smallest absolute Gasteiger partial charge is 0.0690 e. The van der Waals surface area contributed by atoms with E-state index in [1.165, 1.54) is 11.1 Å². The van der Waals surface area contributed by atoms with E-state index in [0.717, 1.165) is 34.3 Å². The molecule has 2 heteroatoms. The highest BCUT2D eigenvalue weighted by Gasteiger charge is 2.04. The minimum Gasteiger partial charge on any atom is -0.779 e. The quantitative estimate of drug-likeness (QED) is 0.729. The number of pyridine rings is 1. The van der Waals surface area contributed by atoms with Gasteiger partial charge < -0.3 is 12.6 Å². The second-order valence-electron chi connectivity index (χ2n) is 4.28. The van der Waals surface area contributed by atoms with Crippen molar-refractivity contribution in [3.05, 3.63) is 35.0 Å². The van der Waals surface area contributed by atoms with Gasteiger partial charge in [-0.25, -0.2) is 0 Å². The number of nitrogens with zero attached hydrogens (tertiary/aromatic N) is 1. The van der Waals surface area contributed by atoms with E-state index < -0.39 is 0 Å². The zero-order chi connectivity index (χ0) is 11.7. The second kappa shape index (κ2) is 4.38. The zero-order valence-electron chi connectivity index (χ0n) is 10.0. The van der Waals surface area contributed by atoms with Crippen LogP contribution in [-0.4, -0.2) is 4.98 Å². The van der Waals surface area contributed by atoms with E-state index in [-0.39, 0.29) is 0 Å². The Bertz CT molecular complexity index is 532. The molecule has 0 N–H and O–H groups in total. The number of benzene rings is 1. The first-order valence-electron chi connectivity index (χ1n) is 5.70. The molecule has 2 rings (SSSR count). The van der Waals surface area contributed by atoms with Crippen LogP contribution in [0.5, 0.6) is 0 Å². The van der Waals surface area contributed by atoms with Crippen LogP contribution in [0.1, 0.15) is 30.2 Å². The minimum absolute atomic E-state index is 0.994. The average molecular weight is 230 g/mol. The molecule has 0 aliphatic heterocycles. The summed E-state index contributed by atoms with van der Waals surface area (Å²) in [6, 6.07) is 6.29. The van der Waals surface area contributed by atoms with Crippen molar-refractivity contribution in [2.75, 3.05) is 0 Å². The number of rotatable bonds is 2. The monoisotopic (exact) mass is 230 g/mol. The highest BCUT2D eigenvalue weighted by Crippen LogP contribution is 2.25. The summed E-state index contributed by atoms with van der Waals surface area (Å²) >= 11 is 5.57. The van der Waals surface area contributed by atoms with Crippen molar-refractivity contribution in [2.45, 2.75) is 38.5 Å². The molecule has 16 heavy (non-hydrogen) atoms. The van der Waals surface area contributed by atoms with Gasteiger partial charge in [-0.1, -0.05) is 31.0 Å². The second-order valence-corrected chi connectivity index (χ2v) is 4.68. The predicted molar refractivity (Wildman–Crippen MR) is 70.8 cm³/mol. The average Bonchev–Trinajstić information content (AvgIpc) is 2.26. The molecular weight excluding hydrogens is 214 g/mol. The van der Waals surface area contributed by atoms with E-state index in [4.69, 9.17) is 12.6 Å². The molecule has 0 atom stereocenters. The van der Waals surface area contributed by atoms with E-state index in [1.807, 2.05) is 0 Å². The van der Waals surface area contributed by atoms with Gasteiger partial charge in [0.15, 0.2) is 0 Å². The largest absolute Gasteiger partial charge is 0.779 e. The van der Waals surface area contributed by atoms with Crippen LogP contribution < -0.4 is 0 Å². The molecule has 0 amide bonds. The lowest BCUT2D eigenvalue weighted by molar-refractivity contribution is 0.883. The Hall–Kier alpha value is -1.15. The van der Waals surface area contributed by atoms with Crippen LogP contribution in [0.15, 0.2) is 23.1 Å². The standard InChI is InChI=1S/C14H17NS/c1-4-5-11-10(3)15-13-7-6-9(2)8-12(13)14(11)16/h6-8H,4-5H2,1-3H3,(H,15,16)/p-1. The van der Waals surface area contributed by atoms with Gasteiger partial charge in [-0.3, -0.25) is 4.98 Å². The summed E-state index contributed by atoms with van der Waals surface area (Å²) in [7, 11) is 0. The third-order valence-corrected chi connectivity index (χ3v) is 3.36. The van der Waals surface area contributed by atoms with Crippen LogP contribution in [0, 0.1) is 13.8 Å². The summed E-state index contributed by atoms with van der Waals surface area (Å²) in [5, 5.41) is 1.13. The Balaban J connectivity index is 2.74. The molecule has 0 radical (unpaired) electrons. The molecule has 1 heterocycles. The highest BCUT2D eigenvalue weighted by molar-refractivity contribution is 7.59. The topological polar surface area (TPSA) is 12.9 Å². The number of fused-ring (bicyclic) bond motifs is 1. The zero-order valence-corrected chi connectivity index (χ0v) is 10.8. The first kappa shape index (κ1) is 11.3. The van der Waals surface area contributed by atoms with Gasteiger partial charge in [0.1, 0.15) is 0 Å². The fourth-order valence-electron chi connectivity index (χ4n) is 2.05. The van der Waals surface area contributed by atoms with E-state index in [9.17, 15) is 0 Å². The van der Waals surface area contributed by atoms with Crippen molar-refractivity contribution in [3.63, 3.8) is 0 Å². The van der Waals surface area contributed by atoms with Crippen LogP contribution >= 0.6 is 0 Å². The maximum atomic E-state index is 5.57. The maximum Gasteiger partial charge on any atom is 0.0690 e. The molecule has 0 saturated carbocycles. The first-order chi connectivity index (χ1) is 7.63. The maximum absolute atomic E-state index is 5.57. The molecule has 0 fully saturated rings. The normalized spacial score (nSPS) is 10.9. The summed E-state index contributed by atoms with van der Waals surface area (Å²) in [6.07, 6.45) is 2.14. The highest BCUT2D eigenvalue weighted by atomic mass is 32.1. The summed E-state index contributed by atoms with van der Waals surface area (Å²) in [6.45, 7) is 6.32. The summed E-state index contributed by atoms with van der Waals surface area (Å²) in [5.74, 6) is 0. The minimum atomic E-state index is 0.994. The Labute approximate surface area is 102 Å². The molecule has 84 valence electrons. The molecule has 1 aromatic carbocycles. The van der Waals surface area contributed by atoms with E-state index >= 15 is 0 Å². The van der Waals surface area contributed by atoms with Gasteiger partial charge in [-0.2, -0.15) is 4.90 Å². The van der Waals surface area contributed by atoms with E-state index in [0.29, 0.717) is 0 Å². The van der Waals surface area contributed by atoms with Crippen LogP contribution in [0.4, 0.5) is 0 Å². The SMILES string of the molecule is CCCc1c(C)nc2ccc(C)cc2c1[S-]. The van der Waals surface area contributed by atoms with Crippen molar-refractivity contribution in [1.29, 1.82) is 0 Å². The molecule has 1 nitrogen and oxygen atoms in total. The Kier molecular flexibility index (Phi) is 3.10. The summed E-state index contributed by atoms with van der Waals surface area (Å²) in [5.41, 5.74) is 4.60. The van der Waals surface area contributed by atoms with Crippen molar-refractivity contribution in [1.82, 2.24) is 4.98 Å². The third-order valence-electron chi connectivity index (χ3n) is 2.90. The van der Waals surface area contributed by atoms with Gasteiger partial charge in [-0.15, -0.1) is 0 Å². The molecular formula is C14H16NS-. The van der Waals surface area contributed by atoms with Gasteiger partial charge in [0, 0.05) is 5.69 Å². The van der Waals surface area contributed by atoms with Gasteiger partial charge in [0.05, 0.1) is 5.52 Å². The van der Waals surface area contributed by atoms with Gasteiger partial charge in [0.2, 0.25) is 0 Å². The molecule has 0 saturated heterocycles. The molecule has 0 bridgehead atoms. The number of hydrogen-bond donors (Lipinski definition) is 0. The van der Waals surface area contributed by atoms with Crippen LogP contribution in [-0.2, 0) is 19.0 Å². The van der Waals surface area contributed by atoms with Crippen molar-refractivity contribution in [3.8, 4) is 0 Å². The van der Waals surface area contributed by atoms with Gasteiger partial charge in [-0.05, 0) is 37.3 Å². The van der Waals surface area contributed by atoms with Gasteiger partial charge in [0.25, 0.3) is 0 Å². The van der Waals surface area contributed by atoms with E-state index in [1.54, 1.807) is 0 Å². The van der Waals surface area contributed by atoms with Crippen molar-refractivity contribution >= 4 is 23.5 Å². The number of aromatic nitrogens is 1. The van der Waals surface area contributed by atoms with Crippen LogP contribution in [0.25, 0.3) is 10.9 Å². The number of hydrogen-bond acceptors (Lipinski definition) is 2. The van der Waals surface area contributed by atoms with Gasteiger partial charge >= 0.3 is 0 Å². The molecule has 2 aromatic rings. The lowest BCUT2D eigenvalue weighted by atomic mass is 10.0. The lowest BCUT2D eigenvalue weighted by Crippen LogP contribution is -1.98. The summed E-state index contributed by atoms with van der Waals surface area (Å²) in [4.78, 5) is 5.62. The lowest BCUT2D eigenvalue weighted by Gasteiger charge is -2.19.